The van der Waals surface area contributed by atoms with Crippen molar-refractivity contribution < 1.29 is 35.5 Å². The number of alkyl halides is 6. The standard InChI is InChI=1S/C20H19F6N7O2/c1-9(19(21,22)23)34-12-3-4-13(20(24,25)26)33-15(12)27-16(30-33)32-14-11-5-6-18(14,32)8-31(7-11)17-29-28-10(2)35-17/h3-4,9,11,14H,5-8H2,1-2H3/t9?,11-,14-,18-,32?/m0/s1. The SMILES string of the molecule is Cc1nnc(N2C[C@@H]3CC[C@]4(C2)[C@H]3N4c2nc3c(OC(C)C(F)(F)F)ccc(C(F)(F)F)n3n2)o1. The number of halogens is 6. The molecule has 0 N–H and O–H groups in total. The van der Waals surface area contributed by atoms with Gasteiger partial charge in [-0.2, -0.15) is 31.3 Å². The van der Waals surface area contributed by atoms with Crippen LogP contribution in [0.15, 0.2) is 16.5 Å². The van der Waals surface area contributed by atoms with Gasteiger partial charge in [0.15, 0.2) is 17.5 Å². The molecule has 3 fully saturated rings. The summed E-state index contributed by atoms with van der Waals surface area (Å²) in [5.74, 6) is 0.175. The van der Waals surface area contributed by atoms with Crippen LogP contribution in [0, 0.1) is 12.8 Å². The van der Waals surface area contributed by atoms with Crippen LogP contribution in [-0.4, -0.2) is 61.7 Å². The molecular formula is C20H19F6N7O2. The lowest BCUT2D eigenvalue weighted by molar-refractivity contribution is -0.189. The number of rotatable bonds is 4. The highest BCUT2D eigenvalue weighted by Gasteiger charge is 2.73. The third-order valence-corrected chi connectivity index (χ3v) is 7.05. The largest absolute Gasteiger partial charge is 0.477 e. The Hall–Kier alpha value is -3.26. The first-order valence-corrected chi connectivity index (χ1v) is 10.9. The Morgan fingerprint density at radius 2 is 1.94 bits per heavy atom. The molecule has 1 aliphatic carbocycles. The summed E-state index contributed by atoms with van der Waals surface area (Å²) in [6.45, 7) is 3.57. The minimum absolute atomic E-state index is 0.00739. The average Bonchev–Trinajstić information content (AvgIpc) is 3.05. The summed E-state index contributed by atoms with van der Waals surface area (Å²) >= 11 is 0. The second-order valence-electron chi connectivity index (χ2n) is 9.23. The van der Waals surface area contributed by atoms with E-state index in [1.807, 2.05) is 9.80 Å². The second-order valence-corrected chi connectivity index (χ2v) is 9.23. The molecule has 3 aromatic rings. The van der Waals surface area contributed by atoms with E-state index < -0.39 is 41.1 Å². The van der Waals surface area contributed by atoms with Crippen molar-refractivity contribution in [1.82, 2.24) is 24.8 Å². The topological polar surface area (TPSA) is 84.6 Å². The Bertz CT molecular complexity index is 1300. The maximum Gasteiger partial charge on any atom is 0.433 e. The molecule has 35 heavy (non-hydrogen) atoms. The van der Waals surface area contributed by atoms with E-state index in [9.17, 15) is 26.3 Å². The van der Waals surface area contributed by atoms with Gasteiger partial charge in [-0.3, -0.25) is 0 Å². The molecule has 2 aliphatic heterocycles. The van der Waals surface area contributed by atoms with E-state index in [1.165, 1.54) is 0 Å². The molecule has 6 rings (SSSR count). The molecule has 1 unspecified atom stereocenters. The van der Waals surface area contributed by atoms with E-state index in [4.69, 9.17) is 9.15 Å². The van der Waals surface area contributed by atoms with E-state index in [-0.39, 0.29) is 17.9 Å². The van der Waals surface area contributed by atoms with Gasteiger partial charge < -0.3 is 19.0 Å². The molecule has 0 radical (unpaired) electrons. The van der Waals surface area contributed by atoms with Crippen LogP contribution in [0.2, 0.25) is 0 Å². The Balaban J connectivity index is 1.38. The normalized spacial score (nSPS) is 26.9. The Kier molecular flexibility index (Phi) is 4.38. The molecule has 2 saturated heterocycles. The third-order valence-electron chi connectivity index (χ3n) is 7.05. The Morgan fingerprint density at radius 1 is 1.17 bits per heavy atom. The predicted molar refractivity (Wildman–Crippen MR) is 107 cm³/mol. The van der Waals surface area contributed by atoms with Gasteiger partial charge in [0.05, 0.1) is 11.6 Å². The van der Waals surface area contributed by atoms with Crippen molar-refractivity contribution in [3.8, 4) is 5.75 Å². The maximum atomic E-state index is 13.7. The van der Waals surface area contributed by atoms with Crippen LogP contribution in [0.25, 0.3) is 5.65 Å². The molecule has 3 aliphatic rings. The van der Waals surface area contributed by atoms with Crippen molar-refractivity contribution in [2.24, 2.45) is 5.92 Å². The first-order valence-electron chi connectivity index (χ1n) is 10.9. The molecule has 1 saturated carbocycles. The number of hydrogen-bond acceptors (Lipinski definition) is 8. The predicted octanol–water partition coefficient (Wildman–Crippen LogP) is 3.63. The number of hydrogen-bond donors (Lipinski definition) is 0. The molecule has 2 bridgehead atoms. The average molecular weight is 503 g/mol. The van der Waals surface area contributed by atoms with Gasteiger partial charge in [0, 0.05) is 20.0 Å². The van der Waals surface area contributed by atoms with Gasteiger partial charge >= 0.3 is 18.4 Å². The Morgan fingerprint density at radius 3 is 2.60 bits per heavy atom. The quantitative estimate of drug-likeness (QED) is 0.394. The summed E-state index contributed by atoms with van der Waals surface area (Å²) in [5.41, 5.74) is -2.01. The molecule has 0 aromatic carbocycles. The summed E-state index contributed by atoms with van der Waals surface area (Å²) in [5, 5.41) is 12.0. The lowest BCUT2D eigenvalue weighted by Crippen LogP contribution is -2.42. The Labute approximate surface area is 193 Å². The summed E-state index contributed by atoms with van der Waals surface area (Å²) in [6.07, 6.45) is -10.1. The number of fused-ring (bicyclic) bond motifs is 1. The van der Waals surface area contributed by atoms with Crippen molar-refractivity contribution in [2.45, 2.75) is 56.7 Å². The van der Waals surface area contributed by atoms with Crippen molar-refractivity contribution in [3.63, 3.8) is 0 Å². The van der Waals surface area contributed by atoms with E-state index in [0.29, 0.717) is 35.6 Å². The summed E-state index contributed by atoms with van der Waals surface area (Å²) in [4.78, 5) is 8.04. The fourth-order valence-corrected chi connectivity index (χ4v) is 5.50. The number of ether oxygens (including phenoxy) is 1. The van der Waals surface area contributed by atoms with Crippen LogP contribution in [0.1, 0.15) is 31.4 Å². The third kappa shape index (κ3) is 3.30. The summed E-state index contributed by atoms with van der Waals surface area (Å²) < 4.78 is 91.2. The molecule has 188 valence electrons. The fourth-order valence-electron chi connectivity index (χ4n) is 5.50. The van der Waals surface area contributed by atoms with Gasteiger partial charge in [0.1, 0.15) is 5.69 Å². The second kappa shape index (κ2) is 6.91. The van der Waals surface area contributed by atoms with E-state index in [2.05, 4.69) is 20.3 Å². The number of anilines is 2. The number of pyridine rings is 1. The molecule has 0 amide bonds. The van der Waals surface area contributed by atoms with E-state index in [0.717, 1.165) is 25.8 Å². The van der Waals surface area contributed by atoms with Gasteiger partial charge in [-0.1, -0.05) is 5.10 Å². The minimum Gasteiger partial charge on any atom is -0.477 e. The number of piperidine rings is 2. The summed E-state index contributed by atoms with van der Waals surface area (Å²) in [7, 11) is 0. The first kappa shape index (κ1) is 22.2. The van der Waals surface area contributed by atoms with E-state index in [1.54, 1.807) is 6.92 Å². The number of aryl methyl sites for hydroxylation is 1. The first-order chi connectivity index (χ1) is 16.4. The van der Waals surface area contributed by atoms with Crippen LogP contribution in [0.3, 0.4) is 0 Å². The van der Waals surface area contributed by atoms with Gasteiger partial charge in [-0.05, 0) is 37.8 Å². The lowest BCUT2D eigenvalue weighted by Gasteiger charge is -2.27. The van der Waals surface area contributed by atoms with Gasteiger partial charge in [-0.15, -0.1) is 10.2 Å². The highest BCUT2D eigenvalue weighted by atomic mass is 19.4. The van der Waals surface area contributed by atoms with Crippen LogP contribution in [0.4, 0.5) is 38.3 Å². The van der Waals surface area contributed by atoms with Crippen molar-refractivity contribution in [2.75, 3.05) is 22.9 Å². The van der Waals surface area contributed by atoms with E-state index >= 15 is 0 Å². The highest BCUT2D eigenvalue weighted by molar-refractivity contribution is 5.64. The molecular weight excluding hydrogens is 484 g/mol. The van der Waals surface area contributed by atoms with Crippen molar-refractivity contribution in [1.29, 1.82) is 0 Å². The van der Waals surface area contributed by atoms with Crippen molar-refractivity contribution in [3.05, 3.63) is 23.7 Å². The molecule has 4 atom stereocenters. The molecule has 3 aromatic heterocycles. The van der Waals surface area contributed by atoms with Crippen LogP contribution < -0.4 is 14.5 Å². The zero-order valence-corrected chi connectivity index (χ0v) is 18.4. The summed E-state index contributed by atoms with van der Waals surface area (Å²) in [6, 6.07) is 1.87. The molecule has 0 spiro atoms. The highest BCUT2D eigenvalue weighted by Crippen LogP contribution is 2.60. The van der Waals surface area contributed by atoms with Crippen LogP contribution in [0.5, 0.6) is 5.75 Å². The van der Waals surface area contributed by atoms with Gasteiger partial charge in [0.2, 0.25) is 11.8 Å². The van der Waals surface area contributed by atoms with Crippen molar-refractivity contribution >= 4 is 17.6 Å². The molecule has 15 heteroatoms. The lowest BCUT2D eigenvalue weighted by atomic mass is 9.99. The fraction of sp³-hybridized carbons (Fsp3) is 0.600. The molecule has 5 heterocycles. The smallest absolute Gasteiger partial charge is 0.433 e. The molecule has 9 nitrogen and oxygen atoms in total. The number of aromatic nitrogens is 5. The van der Waals surface area contributed by atoms with Gasteiger partial charge in [0.25, 0.3) is 0 Å². The van der Waals surface area contributed by atoms with Gasteiger partial charge in [-0.25, -0.2) is 4.52 Å². The number of nitrogens with zero attached hydrogens (tertiary/aromatic N) is 7. The maximum absolute atomic E-state index is 13.7. The minimum atomic E-state index is -4.80. The monoisotopic (exact) mass is 503 g/mol. The zero-order chi connectivity index (χ0) is 24.9. The van der Waals surface area contributed by atoms with Crippen LogP contribution >= 0.6 is 0 Å². The van der Waals surface area contributed by atoms with Crippen LogP contribution in [-0.2, 0) is 6.18 Å². The zero-order valence-electron chi connectivity index (χ0n) is 18.4.